The van der Waals surface area contributed by atoms with Gasteiger partial charge in [0.05, 0.1) is 0 Å². The summed E-state index contributed by atoms with van der Waals surface area (Å²) in [5.41, 5.74) is 0. The highest BCUT2D eigenvalue weighted by molar-refractivity contribution is 5.31. The van der Waals surface area contributed by atoms with Gasteiger partial charge in [0.15, 0.2) is 0 Å². The normalized spacial score (nSPS) is 8.57. The number of rotatable bonds is 1. The lowest BCUT2D eigenvalue weighted by Gasteiger charge is -1.68. The van der Waals surface area contributed by atoms with Crippen molar-refractivity contribution < 1.29 is 4.42 Å². The second-order valence-electron chi connectivity index (χ2n) is 0.981. The molecule has 0 amide bonds. The van der Waals surface area contributed by atoms with Crippen molar-refractivity contribution in [3.8, 4) is 0 Å². The molecule has 1 rings (SSSR count). The smallest absolute Gasteiger partial charge is 0.239 e. The molecule has 0 fully saturated rings. The SMILES string of the molecule is C=Cc1nnco1. The Kier molecular flexibility index (Phi) is 0.898. The lowest BCUT2D eigenvalue weighted by Crippen LogP contribution is -1.66. The minimum atomic E-state index is 0.458. The standard InChI is InChI=1S/C4H4N2O/c1-2-4-6-5-3-7-4/h2-3H,1H2. The molecule has 0 N–H and O–H groups in total. The zero-order valence-corrected chi connectivity index (χ0v) is 3.66. The second-order valence-corrected chi connectivity index (χ2v) is 0.981. The van der Waals surface area contributed by atoms with E-state index in [1.54, 1.807) is 0 Å². The van der Waals surface area contributed by atoms with E-state index in [9.17, 15) is 0 Å². The van der Waals surface area contributed by atoms with Gasteiger partial charge in [-0.15, -0.1) is 10.2 Å². The summed E-state index contributed by atoms with van der Waals surface area (Å²) in [5.74, 6) is 0.458. The molecule has 0 aliphatic rings. The molecular weight excluding hydrogens is 92.1 g/mol. The van der Waals surface area contributed by atoms with Gasteiger partial charge in [-0.25, -0.2) is 0 Å². The summed E-state index contributed by atoms with van der Waals surface area (Å²) < 4.78 is 4.64. The molecule has 0 aromatic carbocycles. The molecule has 1 heterocycles. The van der Waals surface area contributed by atoms with Gasteiger partial charge in [0.2, 0.25) is 12.3 Å². The summed E-state index contributed by atoms with van der Waals surface area (Å²) in [6.07, 6.45) is 2.75. The summed E-state index contributed by atoms with van der Waals surface area (Å²) in [6, 6.07) is 0. The Labute approximate surface area is 40.7 Å². The molecule has 3 nitrogen and oxygen atoms in total. The average Bonchev–Trinajstić information content (AvgIpc) is 2.14. The summed E-state index contributed by atoms with van der Waals surface area (Å²) in [4.78, 5) is 0. The van der Waals surface area contributed by atoms with Gasteiger partial charge in [0.1, 0.15) is 0 Å². The van der Waals surface area contributed by atoms with Crippen molar-refractivity contribution in [2.24, 2.45) is 0 Å². The van der Waals surface area contributed by atoms with Crippen molar-refractivity contribution in [3.05, 3.63) is 18.9 Å². The maximum absolute atomic E-state index is 4.64. The third-order valence-electron chi connectivity index (χ3n) is 0.552. The van der Waals surface area contributed by atoms with Crippen LogP contribution in [0.2, 0.25) is 0 Å². The molecule has 0 unspecified atom stereocenters. The fraction of sp³-hybridized carbons (Fsp3) is 0. The van der Waals surface area contributed by atoms with E-state index in [1.807, 2.05) is 0 Å². The van der Waals surface area contributed by atoms with E-state index in [1.165, 1.54) is 12.5 Å². The van der Waals surface area contributed by atoms with E-state index in [0.717, 1.165) is 0 Å². The zero-order chi connectivity index (χ0) is 5.11. The van der Waals surface area contributed by atoms with Gasteiger partial charge in [0.25, 0.3) is 0 Å². The van der Waals surface area contributed by atoms with Crippen molar-refractivity contribution >= 4 is 6.08 Å². The maximum atomic E-state index is 4.64. The molecule has 0 radical (unpaired) electrons. The molecule has 0 aliphatic heterocycles. The summed E-state index contributed by atoms with van der Waals surface area (Å²) >= 11 is 0. The molecular formula is C4H4N2O. The minimum absolute atomic E-state index is 0.458. The van der Waals surface area contributed by atoms with Crippen molar-refractivity contribution in [2.75, 3.05) is 0 Å². The molecule has 0 atom stereocenters. The highest BCUT2D eigenvalue weighted by Crippen LogP contribution is 1.89. The van der Waals surface area contributed by atoms with Gasteiger partial charge in [-0.05, 0) is 6.08 Å². The number of aromatic nitrogens is 2. The molecule has 0 saturated heterocycles. The predicted octanol–water partition coefficient (Wildman–Crippen LogP) is 0.713. The first-order chi connectivity index (χ1) is 3.43. The van der Waals surface area contributed by atoms with Gasteiger partial charge in [-0.3, -0.25) is 0 Å². The Morgan fingerprint density at radius 2 is 2.71 bits per heavy atom. The quantitative estimate of drug-likeness (QED) is 0.516. The number of nitrogens with zero attached hydrogens (tertiary/aromatic N) is 2. The van der Waals surface area contributed by atoms with Crippen LogP contribution < -0.4 is 0 Å². The Balaban J connectivity index is 2.96. The molecule has 1 aromatic heterocycles. The van der Waals surface area contributed by atoms with Gasteiger partial charge < -0.3 is 4.42 Å². The summed E-state index contributed by atoms with van der Waals surface area (Å²) in [5, 5.41) is 6.91. The maximum Gasteiger partial charge on any atom is 0.239 e. The van der Waals surface area contributed by atoms with Crippen molar-refractivity contribution in [2.45, 2.75) is 0 Å². The van der Waals surface area contributed by atoms with Crippen molar-refractivity contribution in [1.82, 2.24) is 10.2 Å². The fourth-order valence-electron chi connectivity index (χ4n) is 0.271. The molecule has 0 saturated carbocycles. The average molecular weight is 96.1 g/mol. The topological polar surface area (TPSA) is 38.9 Å². The van der Waals surface area contributed by atoms with E-state index in [2.05, 4.69) is 21.2 Å². The predicted molar refractivity (Wildman–Crippen MR) is 24.4 cm³/mol. The molecule has 0 aliphatic carbocycles. The first kappa shape index (κ1) is 4.05. The monoisotopic (exact) mass is 96.0 g/mol. The molecule has 1 aromatic rings. The minimum Gasteiger partial charge on any atom is -0.424 e. The first-order valence-electron chi connectivity index (χ1n) is 1.82. The lowest BCUT2D eigenvalue weighted by atomic mass is 10.7. The Bertz CT molecular complexity index is 145. The summed E-state index contributed by atoms with van der Waals surface area (Å²) in [6.45, 7) is 3.41. The van der Waals surface area contributed by atoms with Crippen LogP contribution in [0, 0.1) is 0 Å². The molecule has 0 bridgehead atoms. The van der Waals surface area contributed by atoms with Crippen molar-refractivity contribution in [3.63, 3.8) is 0 Å². The van der Waals surface area contributed by atoms with Crippen LogP contribution in [0.25, 0.3) is 6.08 Å². The molecule has 3 heteroatoms. The van der Waals surface area contributed by atoms with Crippen LogP contribution in [0.1, 0.15) is 5.89 Å². The molecule has 7 heavy (non-hydrogen) atoms. The third-order valence-corrected chi connectivity index (χ3v) is 0.552. The van der Waals surface area contributed by atoms with Gasteiger partial charge in [-0.2, -0.15) is 0 Å². The fourth-order valence-corrected chi connectivity index (χ4v) is 0.271. The largest absolute Gasteiger partial charge is 0.424 e. The highest BCUT2D eigenvalue weighted by Gasteiger charge is 1.83. The third kappa shape index (κ3) is 0.652. The van der Waals surface area contributed by atoms with Crippen LogP contribution >= 0.6 is 0 Å². The van der Waals surface area contributed by atoms with Crippen LogP contribution in [0.5, 0.6) is 0 Å². The van der Waals surface area contributed by atoms with Crippen molar-refractivity contribution in [1.29, 1.82) is 0 Å². The Morgan fingerprint density at radius 3 is 3.00 bits per heavy atom. The highest BCUT2D eigenvalue weighted by atomic mass is 16.4. The van der Waals surface area contributed by atoms with Crippen LogP contribution in [0.3, 0.4) is 0 Å². The van der Waals surface area contributed by atoms with Gasteiger partial charge in [-0.1, -0.05) is 6.58 Å². The zero-order valence-electron chi connectivity index (χ0n) is 3.66. The van der Waals surface area contributed by atoms with E-state index in [0.29, 0.717) is 5.89 Å². The molecule has 0 spiro atoms. The van der Waals surface area contributed by atoms with E-state index < -0.39 is 0 Å². The Hall–Kier alpha value is -1.12. The van der Waals surface area contributed by atoms with Gasteiger partial charge in [0, 0.05) is 0 Å². The first-order valence-corrected chi connectivity index (χ1v) is 1.82. The Morgan fingerprint density at radius 1 is 1.86 bits per heavy atom. The summed E-state index contributed by atoms with van der Waals surface area (Å²) in [7, 11) is 0. The van der Waals surface area contributed by atoms with Crippen LogP contribution in [0.4, 0.5) is 0 Å². The van der Waals surface area contributed by atoms with E-state index >= 15 is 0 Å². The lowest BCUT2D eigenvalue weighted by molar-refractivity contribution is 0.542. The molecule has 36 valence electrons. The van der Waals surface area contributed by atoms with Crippen LogP contribution in [-0.2, 0) is 0 Å². The van der Waals surface area contributed by atoms with Crippen LogP contribution in [0.15, 0.2) is 17.4 Å². The van der Waals surface area contributed by atoms with E-state index in [4.69, 9.17) is 0 Å². The number of hydrogen-bond acceptors (Lipinski definition) is 3. The van der Waals surface area contributed by atoms with Gasteiger partial charge >= 0.3 is 0 Å². The second kappa shape index (κ2) is 1.55. The van der Waals surface area contributed by atoms with E-state index in [-0.39, 0.29) is 0 Å². The number of hydrogen-bond donors (Lipinski definition) is 0. The van der Waals surface area contributed by atoms with Crippen LogP contribution in [-0.4, -0.2) is 10.2 Å².